The zero-order valence-electron chi connectivity index (χ0n) is 9.44. The third kappa shape index (κ3) is 1.90. The van der Waals surface area contributed by atoms with E-state index in [1.54, 1.807) is 0 Å². The van der Waals surface area contributed by atoms with Crippen LogP contribution in [-0.2, 0) is 0 Å². The summed E-state index contributed by atoms with van der Waals surface area (Å²) in [4.78, 5) is 4.14. The Morgan fingerprint density at radius 3 is 3.18 bits per heavy atom. The van der Waals surface area contributed by atoms with Gasteiger partial charge >= 0.3 is 5.89 Å². The molecular weight excluding hydrogens is 214 g/mol. The van der Waals surface area contributed by atoms with Crippen molar-refractivity contribution in [3.63, 3.8) is 0 Å². The van der Waals surface area contributed by atoms with Crippen molar-refractivity contribution in [3.8, 4) is 6.07 Å². The molecule has 1 atom stereocenters. The van der Waals surface area contributed by atoms with E-state index in [-0.39, 0.29) is 5.89 Å². The third-order valence-corrected chi connectivity index (χ3v) is 3.28. The van der Waals surface area contributed by atoms with Gasteiger partial charge in [-0.2, -0.15) is 10.2 Å². The molecule has 86 valence electrons. The lowest BCUT2D eigenvalue weighted by Gasteiger charge is -2.22. The Kier molecular flexibility index (Phi) is 2.54. The van der Waals surface area contributed by atoms with Crippen LogP contribution in [0.3, 0.4) is 0 Å². The smallest absolute Gasteiger partial charge is 0.301 e. The van der Waals surface area contributed by atoms with Crippen LogP contribution in [0.4, 0.5) is 0 Å². The van der Waals surface area contributed by atoms with E-state index in [1.807, 2.05) is 18.2 Å². The lowest BCUT2D eigenvalue weighted by Crippen LogP contribution is -2.28. The van der Waals surface area contributed by atoms with Gasteiger partial charge in [0.15, 0.2) is 11.7 Å². The number of nitrogens with zero attached hydrogens (tertiary/aromatic N) is 2. The van der Waals surface area contributed by atoms with Crippen LogP contribution < -0.4 is 5.32 Å². The fourth-order valence-electron chi connectivity index (χ4n) is 2.38. The average Bonchev–Trinajstić information content (AvgIpc) is 2.81. The maximum atomic E-state index is 8.74. The van der Waals surface area contributed by atoms with Crippen molar-refractivity contribution < 1.29 is 4.42 Å². The quantitative estimate of drug-likeness (QED) is 0.811. The fraction of sp³-hybridized carbons (Fsp3) is 0.385. The fourth-order valence-corrected chi connectivity index (χ4v) is 2.38. The predicted molar refractivity (Wildman–Crippen MR) is 63.6 cm³/mol. The van der Waals surface area contributed by atoms with Gasteiger partial charge in [-0.3, -0.25) is 0 Å². The van der Waals surface area contributed by atoms with Crippen LogP contribution >= 0.6 is 0 Å². The molecule has 1 aliphatic rings. The van der Waals surface area contributed by atoms with Crippen LogP contribution in [0.5, 0.6) is 0 Å². The van der Waals surface area contributed by atoms with Crippen LogP contribution in [-0.4, -0.2) is 18.1 Å². The molecule has 0 aliphatic carbocycles. The molecule has 1 aromatic carbocycles. The largest absolute Gasteiger partial charge is 0.428 e. The molecule has 0 bridgehead atoms. The summed E-state index contributed by atoms with van der Waals surface area (Å²) in [5, 5.41) is 12.1. The zero-order chi connectivity index (χ0) is 11.7. The van der Waals surface area contributed by atoms with Gasteiger partial charge in [-0.15, -0.1) is 0 Å². The van der Waals surface area contributed by atoms with Gasteiger partial charge in [0.25, 0.3) is 0 Å². The van der Waals surface area contributed by atoms with Gasteiger partial charge in [-0.05, 0) is 43.0 Å². The highest BCUT2D eigenvalue weighted by Gasteiger charge is 2.16. The molecule has 1 N–H and O–H groups in total. The van der Waals surface area contributed by atoms with Gasteiger partial charge in [0.05, 0.1) is 0 Å². The summed E-state index contributed by atoms with van der Waals surface area (Å²) >= 11 is 0. The molecule has 0 radical (unpaired) electrons. The molecule has 17 heavy (non-hydrogen) atoms. The second kappa shape index (κ2) is 4.19. The lowest BCUT2D eigenvalue weighted by molar-refractivity contribution is 0.462. The first-order valence-electron chi connectivity index (χ1n) is 5.88. The molecule has 1 fully saturated rings. The van der Waals surface area contributed by atoms with Crippen molar-refractivity contribution in [2.24, 2.45) is 0 Å². The number of aromatic nitrogens is 1. The second-order valence-corrected chi connectivity index (χ2v) is 4.40. The first-order chi connectivity index (χ1) is 8.36. The molecule has 4 heteroatoms. The monoisotopic (exact) mass is 227 g/mol. The Morgan fingerprint density at radius 1 is 1.47 bits per heavy atom. The number of rotatable bonds is 1. The minimum Gasteiger partial charge on any atom is -0.428 e. The van der Waals surface area contributed by atoms with Crippen molar-refractivity contribution >= 4 is 11.1 Å². The number of nitriles is 1. The Hall–Kier alpha value is -1.86. The summed E-state index contributed by atoms with van der Waals surface area (Å²) in [5.41, 5.74) is 2.75. The third-order valence-electron chi connectivity index (χ3n) is 3.28. The van der Waals surface area contributed by atoms with E-state index < -0.39 is 0 Å². The number of nitrogens with one attached hydrogen (secondary N) is 1. The maximum Gasteiger partial charge on any atom is 0.301 e. The number of fused-ring (bicyclic) bond motifs is 1. The second-order valence-electron chi connectivity index (χ2n) is 4.40. The minimum atomic E-state index is 0.138. The van der Waals surface area contributed by atoms with Crippen LogP contribution in [0, 0.1) is 11.3 Å². The molecule has 3 rings (SSSR count). The first-order valence-corrected chi connectivity index (χ1v) is 5.88. The number of piperidine rings is 1. The van der Waals surface area contributed by atoms with Crippen molar-refractivity contribution in [2.45, 2.75) is 18.8 Å². The highest BCUT2D eigenvalue weighted by Crippen LogP contribution is 2.26. The average molecular weight is 227 g/mol. The molecule has 1 aliphatic heterocycles. The standard InChI is InChI=1S/C13H13N3O/c14-7-13-16-11-6-9(3-4-12(11)17-13)10-2-1-5-15-8-10/h3-4,6,10,15H,1-2,5,8H2. The number of hydrogen-bond acceptors (Lipinski definition) is 4. The summed E-state index contributed by atoms with van der Waals surface area (Å²) in [6.07, 6.45) is 2.42. The Labute approximate surface area is 99.3 Å². The molecule has 1 aromatic heterocycles. The minimum absolute atomic E-state index is 0.138. The lowest BCUT2D eigenvalue weighted by atomic mass is 9.91. The number of oxazole rings is 1. The normalized spacial score (nSPS) is 20.3. The van der Waals surface area contributed by atoms with Crippen molar-refractivity contribution in [3.05, 3.63) is 29.7 Å². The van der Waals surface area contributed by atoms with Crippen LogP contribution in [0.25, 0.3) is 11.1 Å². The van der Waals surface area contributed by atoms with Crippen LogP contribution in [0.1, 0.15) is 30.2 Å². The summed E-state index contributed by atoms with van der Waals surface area (Å²) in [6.45, 7) is 2.13. The Bertz CT molecular complexity index is 576. The highest BCUT2D eigenvalue weighted by atomic mass is 16.3. The van der Waals surface area contributed by atoms with E-state index in [0.717, 1.165) is 18.6 Å². The van der Waals surface area contributed by atoms with E-state index in [1.165, 1.54) is 18.4 Å². The number of benzene rings is 1. The molecule has 1 unspecified atom stereocenters. The van der Waals surface area contributed by atoms with Crippen molar-refractivity contribution in [2.75, 3.05) is 13.1 Å². The van der Waals surface area contributed by atoms with Gasteiger partial charge in [-0.1, -0.05) is 6.07 Å². The molecule has 0 spiro atoms. The SMILES string of the molecule is N#Cc1nc2cc(C3CCCNC3)ccc2o1. The van der Waals surface area contributed by atoms with Gasteiger partial charge in [0, 0.05) is 6.54 Å². The van der Waals surface area contributed by atoms with Gasteiger partial charge < -0.3 is 9.73 Å². The molecule has 2 aromatic rings. The van der Waals surface area contributed by atoms with Gasteiger partial charge in [0.2, 0.25) is 0 Å². The maximum absolute atomic E-state index is 8.74. The highest BCUT2D eigenvalue weighted by molar-refractivity contribution is 5.74. The molecule has 1 saturated heterocycles. The topological polar surface area (TPSA) is 61.9 Å². The van der Waals surface area contributed by atoms with Crippen LogP contribution in [0.15, 0.2) is 22.6 Å². The van der Waals surface area contributed by atoms with E-state index in [9.17, 15) is 0 Å². The summed E-state index contributed by atoms with van der Waals surface area (Å²) < 4.78 is 5.27. The number of hydrogen-bond donors (Lipinski definition) is 1. The molecule has 0 amide bonds. The van der Waals surface area contributed by atoms with Crippen molar-refractivity contribution in [1.29, 1.82) is 5.26 Å². The molecule has 4 nitrogen and oxygen atoms in total. The van der Waals surface area contributed by atoms with Gasteiger partial charge in [0.1, 0.15) is 5.52 Å². The van der Waals surface area contributed by atoms with E-state index in [0.29, 0.717) is 11.5 Å². The molecule has 2 heterocycles. The summed E-state index contributed by atoms with van der Waals surface area (Å²) in [7, 11) is 0. The Balaban J connectivity index is 1.98. The van der Waals surface area contributed by atoms with E-state index in [4.69, 9.17) is 9.68 Å². The first kappa shape index (κ1) is 10.3. The van der Waals surface area contributed by atoms with E-state index in [2.05, 4.69) is 16.4 Å². The van der Waals surface area contributed by atoms with E-state index >= 15 is 0 Å². The van der Waals surface area contributed by atoms with Crippen molar-refractivity contribution in [1.82, 2.24) is 10.3 Å². The molecular formula is C13H13N3O. The molecule has 0 saturated carbocycles. The zero-order valence-corrected chi connectivity index (χ0v) is 9.44. The summed E-state index contributed by atoms with van der Waals surface area (Å²) in [6, 6.07) is 7.95. The van der Waals surface area contributed by atoms with Gasteiger partial charge in [-0.25, -0.2) is 0 Å². The summed E-state index contributed by atoms with van der Waals surface area (Å²) in [5.74, 6) is 0.689. The van der Waals surface area contributed by atoms with Crippen LogP contribution in [0.2, 0.25) is 0 Å². The Morgan fingerprint density at radius 2 is 2.41 bits per heavy atom. The predicted octanol–water partition coefficient (Wildman–Crippen LogP) is 2.17.